The van der Waals surface area contributed by atoms with Crippen LogP contribution in [-0.2, 0) is 13.1 Å². The van der Waals surface area contributed by atoms with Crippen molar-refractivity contribution in [2.24, 2.45) is 0 Å². The zero-order valence-corrected chi connectivity index (χ0v) is 17.0. The molecular weight excluding hydrogens is 359 g/mol. The average Bonchev–Trinajstić information content (AvgIpc) is 2.70. The molecule has 0 bridgehead atoms. The highest BCUT2D eigenvalue weighted by Crippen LogP contribution is 2.28. The third kappa shape index (κ3) is 7.11. The number of benzene rings is 2. The molecule has 0 aromatic heterocycles. The van der Waals surface area contributed by atoms with Gasteiger partial charge in [0.25, 0.3) is 0 Å². The van der Waals surface area contributed by atoms with Crippen LogP contribution in [0.4, 0.5) is 4.39 Å². The number of nitrogens with one attached hydrogen (secondary N) is 1. The Morgan fingerprint density at radius 2 is 1.75 bits per heavy atom. The van der Waals surface area contributed by atoms with Crippen LogP contribution in [0.5, 0.6) is 11.5 Å². The molecule has 1 atom stereocenters. The summed E-state index contributed by atoms with van der Waals surface area (Å²) >= 11 is 0. The first-order valence-corrected chi connectivity index (χ1v) is 9.71. The molecule has 154 valence electrons. The zero-order chi connectivity index (χ0) is 20.4. The van der Waals surface area contributed by atoms with E-state index in [-0.39, 0.29) is 12.4 Å². The smallest absolute Gasteiger partial charge is 0.161 e. The summed E-state index contributed by atoms with van der Waals surface area (Å²) in [5.74, 6) is 0.998. The first-order chi connectivity index (χ1) is 13.5. The van der Waals surface area contributed by atoms with E-state index in [1.165, 1.54) is 12.1 Å². The molecule has 2 aromatic rings. The van der Waals surface area contributed by atoms with Crippen molar-refractivity contribution in [3.63, 3.8) is 0 Å². The molecule has 0 unspecified atom stereocenters. The van der Waals surface area contributed by atoms with Crippen molar-refractivity contribution in [2.45, 2.75) is 33.0 Å². The minimum atomic E-state index is -0.570. The standard InChI is InChI=1S/C22H31FN2O3/c1-4-25(5-2)15-20(26)16-28-22-12-18(9-10-21(22)27-3)14-24-13-17-7-6-8-19(23)11-17/h6-12,20,24,26H,4-5,13-16H2,1-3H3/t20-/m0/s1. The summed E-state index contributed by atoms with van der Waals surface area (Å²) < 4.78 is 24.4. The first kappa shape index (κ1) is 22.1. The maximum absolute atomic E-state index is 13.2. The predicted molar refractivity (Wildman–Crippen MR) is 109 cm³/mol. The predicted octanol–water partition coefficient (Wildman–Crippen LogP) is 3.21. The molecule has 0 fully saturated rings. The Morgan fingerprint density at radius 1 is 1.04 bits per heavy atom. The van der Waals surface area contributed by atoms with Gasteiger partial charge in [0.05, 0.1) is 7.11 Å². The number of aliphatic hydroxyl groups is 1. The average molecular weight is 390 g/mol. The van der Waals surface area contributed by atoms with Crippen LogP contribution >= 0.6 is 0 Å². The van der Waals surface area contributed by atoms with E-state index in [1.807, 2.05) is 24.3 Å². The van der Waals surface area contributed by atoms with Crippen LogP contribution in [0.2, 0.25) is 0 Å². The number of rotatable bonds is 12. The van der Waals surface area contributed by atoms with Gasteiger partial charge < -0.3 is 24.8 Å². The van der Waals surface area contributed by atoms with Gasteiger partial charge in [-0.1, -0.05) is 32.0 Å². The summed E-state index contributed by atoms with van der Waals surface area (Å²) in [6, 6.07) is 12.3. The number of aliphatic hydroxyl groups excluding tert-OH is 1. The molecule has 0 amide bonds. The third-order valence-electron chi connectivity index (χ3n) is 4.57. The molecule has 0 aliphatic heterocycles. The van der Waals surface area contributed by atoms with Gasteiger partial charge in [0.15, 0.2) is 11.5 Å². The monoisotopic (exact) mass is 390 g/mol. The van der Waals surface area contributed by atoms with Gasteiger partial charge in [0.1, 0.15) is 18.5 Å². The molecule has 2 aromatic carbocycles. The normalized spacial score (nSPS) is 12.2. The third-order valence-corrected chi connectivity index (χ3v) is 4.57. The molecule has 0 aliphatic rings. The van der Waals surface area contributed by atoms with Crippen molar-refractivity contribution >= 4 is 0 Å². The van der Waals surface area contributed by atoms with Crippen molar-refractivity contribution in [1.29, 1.82) is 0 Å². The van der Waals surface area contributed by atoms with Gasteiger partial charge in [0, 0.05) is 19.6 Å². The molecule has 0 aliphatic carbocycles. The summed E-state index contributed by atoms with van der Waals surface area (Å²) in [5, 5.41) is 13.5. The second-order valence-corrected chi connectivity index (χ2v) is 6.67. The van der Waals surface area contributed by atoms with E-state index in [0.29, 0.717) is 31.1 Å². The first-order valence-electron chi connectivity index (χ1n) is 9.71. The van der Waals surface area contributed by atoms with Gasteiger partial charge in [-0.2, -0.15) is 0 Å². The molecule has 0 saturated carbocycles. The number of hydrogen-bond donors (Lipinski definition) is 2. The Morgan fingerprint density at radius 3 is 2.39 bits per heavy atom. The Bertz CT molecular complexity index is 723. The van der Waals surface area contributed by atoms with E-state index < -0.39 is 6.10 Å². The Balaban J connectivity index is 1.91. The summed E-state index contributed by atoms with van der Waals surface area (Å²) in [7, 11) is 1.59. The number of nitrogens with zero attached hydrogens (tertiary/aromatic N) is 1. The fraction of sp³-hybridized carbons (Fsp3) is 0.455. The molecule has 0 spiro atoms. The molecule has 2 rings (SSSR count). The Hall–Kier alpha value is -2.15. The van der Waals surface area contributed by atoms with Gasteiger partial charge in [-0.15, -0.1) is 0 Å². The Kier molecular flexibility index (Phi) is 9.20. The highest BCUT2D eigenvalue weighted by Gasteiger charge is 2.12. The lowest BCUT2D eigenvalue weighted by Crippen LogP contribution is -2.35. The van der Waals surface area contributed by atoms with Gasteiger partial charge in [0.2, 0.25) is 0 Å². The number of likely N-dealkylation sites (N-methyl/N-ethyl adjacent to an activating group) is 1. The van der Waals surface area contributed by atoms with Crippen LogP contribution in [0.3, 0.4) is 0 Å². The zero-order valence-electron chi connectivity index (χ0n) is 17.0. The quantitative estimate of drug-likeness (QED) is 0.583. The molecule has 5 nitrogen and oxygen atoms in total. The molecule has 28 heavy (non-hydrogen) atoms. The summed E-state index contributed by atoms with van der Waals surface area (Å²) in [6.45, 7) is 7.88. The van der Waals surface area contributed by atoms with E-state index in [4.69, 9.17) is 9.47 Å². The lowest BCUT2D eigenvalue weighted by atomic mass is 10.2. The molecule has 2 N–H and O–H groups in total. The minimum Gasteiger partial charge on any atom is -0.493 e. The minimum absolute atomic E-state index is 0.201. The lowest BCUT2D eigenvalue weighted by Gasteiger charge is -2.22. The van der Waals surface area contributed by atoms with Crippen LogP contribution in [0.25, 0.3) is 0 Å². The van der Waals surface area contributed by atoms with Crippen LogP contribution in [0.1, 0.15) is 25.0 Å². The van der Waals surface area contributed by atoms with Gasteiger partial charge in [-0.05, 0) is 48.5 Å². The van der Waals surface area contributed by atoms with E-state index >= 15 is 0 Å². The van der Waals surface area contributed by atoms with Crippen LogP contribution < -0.4 is 14.8 Å². The van der Waals surface area contributed by atoms with Crippen molar-refractivity contribution in [1.82, 2.24) is 10.2 Å². The fourth-order valence-corrected chi connectivity index (χ4v) is 2.96. The van der Waals surface area contributed by atoms with Crippen LogP contribution in [0, 0.1) is 5.82 Å². The molecular formula is C22H31FN2O3. The molecule has 0 saturated heterocycles. The number of halogens is 1. The Labute approximate surface area is 167 Å². The SMILES string of the molecule is CCN(CC)C[C@H](O)COc1cc(CNCc2cccc(F)c2)ccc1OC. The summed E-state index contributed by atoms with van der Waals surface area (Å²) in [5.41, 5.74) is 1.91. The maximum Gasteiger partial charge on any atom is 0.161 e. The summed E-state index contributed by atoms with van der Waals surface area (Å²) in [6.07, 6.45) is -0.570. The highest BCUT2D eigenvalue weighted by molar-refractivity contribution is 5.43. The fourth-order valence-electron chi connectivity index (χ4n) is 2.96. The van der Waals surface area contributed by atoms with E-state index in [1.54, 1.807) is 13.2 Å². The van der Waals surface area contributed by atoms with E-state index in [9.17, 15) is 9.50 Å². The van der Waals surface area contributed by atoms with E-state index in [0.717, 1.165) is 24.2 Å². The van der Waals surface area contributed by atoms with Crippen molar-refractivity contribution in [3.05, 3.63) is 59.4 Å². The summed E-state index contributed by atoms with van der Waals surface area (Å²) in [4.78, 5) is 2.15. The van der Waals surface area contributed by atoms with E-state index in [2.05, 4.69) is 24.1 Å². The van der Waals surface area contributed by atoms with Gasteiger partial charge >= 0.3 is 0 Å². The second-order valence-electron chi connectivity index (χ2n) is 6.67. The topological polar surface area (TPSA) is 54.0 Å². The number of methoxy groups -OCH3 is 1. The molecule has 6 heteroatoms. The van der Waals surface area contributed by atoms with Crippen molar-refractivity contribution in [3.8, 4) is 11.5 Å². The van der Waals surface area contributed by atoms with Crippen molar-refractivity contribution in [2.75, 3.05) is 33.4 Å². The van der Waals surface area contributed by atoms with Crippen LogP contribution in [-0.4, -0.2) is 49.5 Å². The maximum atomic E-state index is 13.2. The second kappa shape index (κ2) is 11.6. The largest absolute Gasteiger partial charge is 0.493 e. The van der Waals surface area contributed by atoms with Gasteiger partial charge in [-0.25, -0.2) is 4.39 Å². The highest BCUT2D eigenvalue weighted by atomic mass is 19.1. The number of hydrogen-bond acceptors (Lipinski definition) is 5. The van der Waals surface area contributed by atoms with Crippen LogP contribution in [0.15, 0.2) is 42.5 Å². The molecule has 0 radical (unpaired) electrons. The van der Waals surface area contributed by atoms with Crippen molar-refractivity contribution < 1.29 is 19.0 Å². The lowest BCUT2D eigenvalue weighted by molar-refractivity contribution is 0.0705. The number of ether oxygens (including phenoxy) is 2. The molecule has 0 heterocycles. The van der Waals surface area contributed by atoms with Gasteiger partial charge in [-0.3, -0.25) is 0 Å².